The van der Waals surface area contributed by atoms with Crippen molar-refractivity contribution < 1.29 is 77.9 Å². The zero-order valence-electron chi connectivity index (χ0n) is 56.2. The number of aromatic nitrogens is 12. The van der Waals surface area contributed by atoms with E-state index in [1.165, 1.54) is 0 Å². The Morgan fingerprint density at radius 1 is 0.471 bits per heavy atom. The first-order valence-corrected chi connectivity index (χ1v) is 32.7. The van der Waals surface area contributed by atoms with Gasteiger partial charge >= 0.3 is 17.9 Å². The van der Waals surface area contributed by atoms with Crippen LogP contribution >= 0.6 is 0 Å². The van der Waals surface area contributed by atoms with Crippen LogP contribution in [0.2, 0.25) is 0 Å². The van der Waals surface area contributed by atoms with Gasteiger partial charge in [0.05, 0.1) is 73.9 Å². The summed E-state index contributed by atoms with van der Waals surface area (Å²) in [7, 11) is 0. The number of imidazole rings is 2. The van der Waals surface area contributed by atoms with Crippen LogP contribution in [0.1, 0.15) is 114 Å². The van der Waals surface area contributed by atoms with E-state index in [2.05, 4.69) is 70.6 Å². The van der Waals surface area contributed by atoms with Gasteiger partial charge < -0.3 is 42.7 Å². The lowest BCUT2D eigenvalue weighted by molar-refractivity contribution is -0.790. The summed E-state index contributed by atoms with van der Waals surface area (Å²) in [5.41, 5.74) is 10.6. The molecule has 6 aromatic carbocycles. The minimum atomic E-state index is -1.21. The number of aryl methyl sites for hydroxylation is 2. The number of carbonyl (C=O) groups excluding carboxylic acids is 5. The predicted octanol–water partition coefficient (Wildman–Crippen LogP) is 9.58. The van der Waals surface area contributed by atoms with Crippen molar-refractivity contribution in [3.63, 3.8) is 0 Å². The van der Waals surface area contributed by atoms with Gasteiger partial charge in [-0.05, 0) is 127 Å². The fourth-order valence-electron chi connectivity index (χ4n) is 11.3. The molecule has 0 radical (unpaired) electrons. The smallest absolute Gasteiger partial charge is 0.309 e. The van der Waals surface area contributed by atoms with Gasteiger partial charge in [0.1, 0.15) is 24.4 Å². The Morgan fingerprint density at radius 3 is 1.39 bits per heavy atom. The standard InChI is InChI=1S/C36H38N8O11.C32H32N8O9/c1-24-37-31-12-8-11-30(34(31)42(24)23-25-13-15-26(16-14-25)28-9-2-3-10-29(28)35-38-40-41-39-35)32(45)21-27(36(47)53-18-5-7-20-55-44(50)51)22-33(46)52-17-4-6-19-54-43(48)49;1-21-33-28-11-6-10-27(29(41)16-17-30(42)47-18-5-4-7-24(49-40(45)46)20-48-39(43)44)31(28)38(21)19-22-12-14-23(15-13-22)25-8-2-3-9-26(25)32-34-36-37-35-32/h2-3,8-16,27H,4-7,17-23H2,1H3,(H,38,39,40,41);2-3,6,8-15,24H,4-5,7,16-20H2,1H3,(H,34,35,36,37). The number of nitrogens with zero attached hydrogens (tertiary/aromatic N) is 14. The van der Waals surface area contributed by atoms with Gasteiger partial charge in [0.25, 0.3) is 20.3 Å². The molecule has 2 atom stereocenters. The molecule has 36 nitrogen and oxygen atoms in total. The number of ether oxygens (including phenoxy) is 3. The number of carbonyl (C=O) groups is 5. The van der Waals surface area contributed by atoms with Gasteiger partial charge in [-0.2, -0.15) is 10.4 Å². The van der Waals surface area contributed by atoms with Crippen molar-refractivity contribution in [3.05, 3.63) is 208 Å². The SMILES string of the molecule is Cc1nc2cccc(C(=O)CC(CC(=O)OCCCCO[N+](=O)[O-])C(=O)OCCCCO[N+](=O)[O-])c2n1Cc1ccc(-c2ccccc2-c2nn[nH]n2)cc1.Cc1nc2cccc(C(=O)CCC(=O)OCCCCC(CO[N+](=O)[O-])O[N+](=O)[O-])c2n1Cc1ccc(-c2ccccc2-c2nn[nH]n2)cc1. The van der Waals surface area contributed by atoms with Crippen LogP contribution in [-0.2, 0) is 61.0 Å². The average molecular weight is 1430 g/mol. The zero-order valence-corrected chi connectivity index (χ0v) is 56.2. The minimum absolute atomic E-state index is 0.0112. The molecule has 2 N–H and O–H groups in total. The number of H-pyrrole nitrogens is 2. The molecule has 0 aliphatic heterocycles. The van der Waals surface area contributed by atoms with E-state index in [1.54, 1.807) is 30.3 Å². The number of tetrazole rings is 2. The molecule has 2 unspecified atom stereocenters. The van der Waals surface area contributed by atoms with Crippen molar-refractivity contribution in [1.82, 2.24) is 60.4 Å². The van der Waals surface area contributed by atoms with Gasteiger partial charge in [-0.1, -0.05) is 109 Å². The van der Waals surface area contributed by atoms with E-state index in [9.17, 15) is 64.4 Å². The Kier molecular flexibility index (Phi) is 27.0. The molecule has 36 heteroatoms. The molecular formula is C68H70N16O20. The number of Topliss-reactive ketones (excluding diaryl/α,β-unsaturated/α-hetero) is 2. The van der Waals surface area contributed by atoms with Crippen LogP contribution in [0, 0.1) is 60.2 Å². The fourth-order valence-corrected chi connectivity index (χ4v) is 11.3. The maximum atomic E-state index is 14.0. The quantitative estimate of drug-likeness (QED) is 0.00900. The Bertz CT molecular complexity index is 4610. The molecule has 0 aliphatic rings. The highest BCUT2D eigenvalue weighted by atomic mass is 17.0. The average Bonchev–Trinajstić information content (AvgIpc) is 1.63. The van der Waals surface area contributed by atoms with Crippen molar-refractivity contribution >= 4 is 51.5 Å². The minimum Gasteiger partial charge on any atom is -0.466 e. The summed E-state index contributed by atoms with van der Waals surface area (Å²) in [5, 5.41) is 66.5. The second kappa shape index (κ2) is 37.4. The van der Waals surface area contributed by atoms with E-state index in [4.69, 9.17) is 14.2 Å². The lowest BCUT2D eigenvalue weighted by Gasteiger charge is -2.16. The number of fused-ring (bicyclic) bond motifs is 2. The molecule has 4 aromatic heterocycles. The van der Waals surface area contributed by atoms with E-state index < -0.39 is 69.1 Å². The van der Waals surface area contributed by atoms with Crippen LogP contribution in [0.25, 0.3) is 67.1 Å². The van der Waals surface area contributed by atoms with E-state index in [0.717, 1.165) is 50.3 Å². The van der Waals surface area contributed by atoms with Crippen molar-refractivity contribution in [2.75, 3.05) is 39.6 Å². The van der Waals surface area contributed by atoms with Crippen LogP contribution in [0.4, 0.5) is 0 Å². The fraction of sp³-hybridized carbons (Fsp3) is 0.338. The molecule has 0 saturated heterocycles. The van der Waals surface area contributed by atoms with Gasteiger partial charge in [-0.25, -0.2) is 9.97 Å². The predicted molar refractivity (Wildman–Crippen MR) is 364 cm³/mol. The number of para-hydroxylation sites is 2. The summed E-state index contributed by atoms with van der Waals surface area (Å²) < 4.78 is 19.7. The molecule has 0 bridgehead atoms. The normalized spacial score (nSPS) is 11.6. The van der Waals surface area contributed by atoms with Gasteiger partial charge in [0.15, 0.2) is 11.6 Å². The molecule has 0 spiro atoms. The Balaban J connectivity index is 0.000000243. The van der Waals surface area contributed by atoms with Crippen molar-refractivity contribution in [3.8, 4) is 45.0 Å². The largest absolute Gasteiger partial charge is 0.466 e. The summed E-state index contributed by atoms with van der Waals surface area (Å²) in [4.78, 5) is 134. The van der Waals surface area contributed by atoms with Crippen LogP contribution in [-0.4, -0.2) is 156 Å². The van der Waals surface area contributed by atoms with Gasteiger partial charge in [0.2, 0.25) is 11.6 Å². The number of ketones is 2. The summed E-state index contributed by atoms with van der Waals surface area (Å²) in [5.74, 6) is -1.63. The number of benzene rings is 6. The number of unbranched alkanes of at least 4 members (excludes halogenated alkanes) is 3. The molecule has 104 heavy (non-hydrogen) atoms. The highest BCUT2D eigenvalue weighted by molar-refractivity contribution is 6.08. The molecular weight excluding hydrogens is 1360 g/mol. The molecule has 10 rings (SSSR count). The third-order valence-corrected chi connectivity index (χ3v) is 16.3. The first kappa shape index (κ1) is 75.2. The Labute approximate surface area is 589 Å². The lowest BCUT2D eigenvalue weighted by atomic mass is 9.94. The number of hydrogen-bond donors (Lipinski definition) is 2. The topological polar surface area (TPSA) is 467 Å². The van der Waals surface area contributed by atoms with Gasteiger partial charge in [-0.15, -0.1) is 60.9 Å². The second-order valence-corrected chi connectivity index (χ2v) is 23.3. The number of aromatic amines is 2. The van der Waals surface area contributed by atoms with E-state index >= 15 is 0 Å². The van der Waals surface area contributed by atoms with Crippen molar-refractivity contribution in [2.45, 2.75) is 104 Å². The molecule has 542 valence electrons. The third kappa shape index (κ3) is 21.5. The molecule has 4 heterocycles. The van der Waals surface area contributed by atoms with Crippen molar-refractivity contribution in [1.29, 1.82) is 0 Å². The van der Waals surface area contributed by atoms with Gasteiger partial charge in [0, 0.05) is 48.2 Å². The number of esters is 3. The van der Waals surface area contributed by atoms with Crippen LogP contribution in [0.15, 0.2) is 133 Å². The van der Waals surface area contributed by atoms with E-state index in [0.29, 0.717) is 76.6 Å². The van der Waals surface area contributed by atoms with Crippen LogP contribution in [0.3, 0.4) is 0 Å². The summed E-state index contributed by atoms with van der Waals surface area (Å²) >= 11 is 0. The zero-order chi connectivity index (χ0) is 73.9. The Morgan fingerprint density at radius 2 is 0.923 bits per heavy atom. The maximum absolute atomic E-state index is 14.0. The Hall–Kier alpha value is -13.1. The first-order valence-electron chi connectivity index (χ1n) is 32.7. The molecule has 0 fully saturated rings. The number of hydrogen-bond acceptors (Lipinski definition) is 28. The first-order chi connectivity index (χ1) is 50.3. The highest BCUT2D eigenvalue weighted by Crippen LogP contribution is 2.33. The number of rotatable bonds is 40. The molecule has 10 aromatic rings. The number of nitrogens with one attached hydrogen (secondary N) is 2. The van der Waals surface area contributed by atoms with Gasteiger partial charge in [-0.3, -0.25) is 24.0 Å². The van der Waals surface area contributed by atoms with Crippen LogP contribution in [0.5, 0.6) is 0 Å². The van der Waals surface area contributed by atoms with E-state index in [1.807, 2.05) is 126 Å². The maximum Gasteiger partial charge on any atom is 0.309 e. The molecule has 0 aliphatic carbocycles. The van der Waals surface area contributed by atoms with E-state index in [-0.39, 0.29) is 90.2 Å². The second-order valence-electron chi connectivity index (χ2n) is 23.3. The lowest BCUT2D eigenvalue weighted by Crippen LogP contribution is -2.25. The monoisotopic (exact) mass is 1430 g/mol. The molecule has 0 saturated carbocycles. The summed E-state index contributed by atoms with van der Waals surface area (Å²) in [6.45, 7) is 3.45. The third-order valence-electron chi connectivity index (χ3n) is 16.3. The molecule has 0 amide bonds. The van der Waals surface area contributed by atoms with Crippen LogP contribution < -0.4 is 0 Å². The highest BCUT2D eigenvalue weighted by Gasteiger charge is 2.30. The summed E-state index contributed by atoms with van der Waals surface area (Å²) in [6.07, 6.45) is -0.413. The van der Waals surface area contributed by atoms with Crippen molar-refractivity contribution in [2.24, 2.45) is 5.92 Å². The summed E-state index contributed by atoms with van der Waals surface area (Å²) in [6, 6.07) is 42.0.